The molecule has 0 spiro atoms. The van der Waals surface area contributed by atoms with Gasteiger partial charge in [-0.1, -0.05) is 65.7 Å². The number of rotatable bonds is 7. The molecule has 32 heavy (non-hydrogen) atoms. The molecule has 0 bridgehead atoms. The predicted molar refractivity (Wildman–Crippen MR) is 130 cm³/mol. The summed E-state index contributed by atoms with van der Waals surface area (Å²) in [6, 6.07) is 19.4. The summed E-state index contributed by atoms with van der Waals surface area (Å²) < 4.78 is 0. The highest BCUT2D eigenvalue weighted by Crippen LogP contribution is 2.38. The lowest BCUT2D eigenvalue weighted by molar-refractivity contribution is -0.135. The monoisotopic (exact) mass is 486 g/mol. The van der Waals surface area contributed by atoms with Gasteiger partial charge in [0.1, 0.15) is 5.50 Å². The summed E-state index contributed by atoms with van der Waals surface area (Å²) in [5, 5.41) is 5.52. The maximum absolute atomic E-state index is 13.1. The van der Waals surface area contributed by atoms with E-state index in [0.717, 1.165) is 17.5 Å². The molecule has 3 aromatic rings. The molecule has 2 amide bonds. The maximum atomic E-state index is 13.1. The van der Waals surface area contributed by atoms with Crippen LogP contribution in [0.25, 0.3) is 0 Å². The van der Waals surface area contributed by atoms with Gasteiger partial charge in [0.15, 0.2) is 0 Å². The molecular formula is C25H24Cl2N2O2S. The molecule has 1 aliphatic heterocycles. The van der Waals surface area contributed by atoms with Gasteiger partial charge in [0.2, 0.25) is 11.8 Å². The fraction of sp³-hybridized carbons (Fsp3) is 0.280. The Morgan fingerprint density at radius 1 is 1.06 bits per heavy atom. The van der Waals surface area contributed by atoms with E-state index in [1.54, 1.807) is 23.5 Å². The summed E-state index contributed by atoms with van der Waals surface area (Å²) in [6.07, 6.45) is 1.59. The topological polar surface area (TPSA) is 49.4 Å². The van der Waals surface area contributed by atoms with Crippen molar-refractivity contribution in [3.63, 3.8) is 0 Å². The molecule has 0 saturated carbocycles. The second-order valence-electron chi connectivity index (χ2n) is 7.82. The molecule has 2 unspecified atom stereocenters. The number of thiophene rings is 1. The molecule has 2 heterocycles. The van der Waals surface area contributed by atoms with Crippen LogP contribution < -0.4 is 5.32 Å². The Bertz CT molecular complexity index is 1070. The van der Waals surface area contributed by atoms with Crippen molar-refractivity contribution in [3.05, 3.63) is 92.6 Å². The number of alkyl halides is 1. The minimum Gasteiger partial charge on any atom is -0.340 e. The Labute approximate surface area is 202 Å². The zero-order chi connectivity index (χ0) is 22.5. The molecule has 1 N–H and O–H groups in total. The number of nitrogens with one attached hydrogen (secondary N) is 1. The highest BCUT2D eigenvalue weighted by atomic mass is 35.5. The summed E-state index contributed by atoms with van der Waals surface area (Å²) in [5.41, 5.74) is 2.72. The van der Waals surface area contributed by atoms with E-state index in [9.17, 15) is 9.59 Å². The highest BCUT2D eigenvalue weighted by Gasteiger charge is 2.32. The second kappa shape index (κ2) is 10.5. The SMILES string of the molecule is O=C(CCC(=O)N1CCc2sccc2C1c1ccccc1)NC(Cl)Cc1ccc(Cl)cc1. The zero-order valence-electron chi connectivity index (χ0n) is 17.5. The molecule has 0 fully saturated rings. The zero-order valence-corrected chi connectivity index (χ0v) is 19.8. The summed E-state index contributed by atoms with van der Waals surface area (Å²) in [6.45, 7) is 0.655. The average Bonchev–Trinajstić information content (AvgIpc) is 3.28. The number of benzene rings is 2. The van der Waals surface area contributed by atoms with Crippen molar-refractivity contribution in [1.29, 1.82) is 0 Å². The lowest BCUT2D eigenvalue weighted by atomic mass is 9.93. The predicted octanol–water partition coefficient (Wildman–Crippen LogP) is 5.58. The Balaban J connectivity index is 1.35. The Hall–Kier alpha value is -2.34. The van der Waals surface area contributed by atoms with Gasteiger partial charge in [-0.05, 0) is 46.7 Å². The maximum Gasteiger partial charge on any atom is 0.223 e. The summed E-state index contributed by atoms with van der Waals surface area (Å²) in [7, 11) is 0. The van der Waals surface area contributed by atoms with Gasteiger partial charge in [-0.3, -0.25) is 9.59 Å². The van der Waals surface area contributed by atoms with Crippen LogP contribution >= 0.6 is 34.5 Å². The van der Waals surface area contributed by atoms with Gasteiger partial charge in [0.25, 0.3) is 0 Å². The van der Waals surface area contributed by atoms with Crippen LogP contribution in [0.2, 0.25) is 5.02 Å². The van der Waals surface area contributed by atoms with Crippen molar-refractivity contribution < 1.29 is 9.59 Å². The number of carbonyl (C=O) groups is 2. The van der Waals surface area contributed by atoms with Crippen molar-refractivity contribution in [1.82, 2.24) is 10.2 Å². The van der Waals surface area contributed by atoms with E-state index in [2.05, 4.69) is 28.9 Å². The third-order valence-corrected chi connectivity index (χ3v) is 7.13. The average molecular weight is 487 g/mol. The van der Waals surface area contributed by atoms with Crippen molar-refractivity contribution in [2.24, 2.45) is 0 Å². The van der Waals surface area contributed by atoms with Crippen molar-refractivity contribution in [3.8, 4) is 0 Å². The van der Waals surface area contributed by atoms with Crippen molar-refractivity contribution in [2.75, 3.05) is 6.54 Å². The first-order valence-electron chi connectivity index (χ1n) is 10.6. The van der Waals surface area contributed by atoms with Crippen LogP contribution in [0.1, 0.15) is 40.5 Å². The standard InChI is InChI=1S/C25H24Cl2N2O2S/c26-19-8-6-17(7-9-19)16-22(27)28-23(30)10-11-24(31)29-14-12-21-20(13-15-32-21)25(29)18-4-2-1-3-5-18/h1-9,13,15,22,25H,10-12,14,16H2,(H,28,30). The Morgan fingerprint density at radius 3 is 2.56 bits per heavy atom. The number of hydrogen-bond donors (Lipinski definition) is 1. The van der Waals surface area contributed by atoms with E-state index in [1.165, 1.54) is 10.4 Å². The largest absolute Gasteiger partial charge is 0.340 e. The number of nitrogens with zero attached hydrogens (tertiary/aromatic N) is 1. The quantitative estimate of drug-likeness (QED) is 0.350. The number of fused-ring (bicyclic) bond motifs is 1. The van der Waals surface area contributed by atoms with Crippen LogP contribution in [0.15, 0.2) is 66.0 Å². The van der Waals surface area contributed by atoms with E-state index < -0.39 is 5.50 Å². The van der Waals surface area contributed by atoms with Crippen LogP contribution in [0.3, 0.4) is 0 Å². The fourth-order valence-electron chi connectivity index (χ4n) is 4.07. The minimum atomic E-state index is -0.542. The summed E-state index contributed by atoms with van der Waals surface area (Å²) in [5.74, 6) is -0.244. The summed E-state index contributed by atoms with van der Waals surface area (Å²) >= 11 is 13.9. The lowest BCUT2D eigenvalue weighted by Crippen LogP contribution is -2.41. The highest BCUT2D eigenvalue weighted by molar-refractivity contribution is 7.10. The third kappa shape index (κ3) is 5.52. The first-order valence-corrected chi connectivity index (χ1v) is 12.3. The first-order chi connectivity index (χ1) is 15.5. The molecule has 0 radical (unpaired) electrons. The molecule has 1 aromatic heterocycles. The second-order valence-corrected chi connectivity index (χ2v) is 9.78. The molecule has 7 heteroatoms. The van der Waals surface area contributed by atoms with E-state index >= 15 is 0 Å². The van der Waals surface area contributed by atoms with E-state index in [0.29, 0.717) is 18.0 Å². The van der Waals surface area contributed by atoms with Gasteiger partial charge in [-0.15, -0.1) is 11.3 Å². The van der Waals surface area contributed by atoms with Crippen LogP contribution in [0.4, 0.5) is 0 Å². The van der Waals surface area contributed by atoms with E-state index in [4.69, 9.17) is 23.2 Å². The molecule has 0 saturated heterocycles. The molecule has 166 valence electrons. The van der Waals surface area contributed by atoms with Gasteiger partial charge in [0, 0.05) is 35.7 Å². The van der Waals surface area contributed by atoms with Gasteiger partial charge in [0.05, 0.1) is 6.04 Å². The molecule has 0 aliphatic carbocycles. The summed E-state index contributed by atoms with van der Waals surface area (Å²) in [4.78, 5) is 28.8. The van der Waals surface area contributed by atoms with Gasteiger partial charge in [-0.2, -0.15) is 0 Å². The van der Waals surface area contributed by atoms with Gasteiger partial charge >= 0.3 is 0 Å². The molecule has 2 atom stereocenters. The molecule has 4 nitrogen and oxygen atoms in total. The number of hydrogen-bond acceptors (Lipinski definition) is 3. The third-order valence-electron chi connectivity index (χ3n) is 5.61. The van der Waals surface area contributed by atoms with Gasteiger partial charge < -0.3 is 10.2 Å². The van der Waals surface area contributed by atoms with E-state index in [-0.39, 0.29) is 30.7 Å². The van der Waals surface area contributed by atoms with Gasteiger partial charge in [-0.25, -0.2) is 0 Å². The minimum absolute atomic E-state index is 0.0188. The normalized spacial score (nSPS) is 16.3. The van der Waals surface area contributed by atoms with Crippen LogP contribution in [0, 0.1) is 0 Å². The lowest BCUT2D eigenvalue weighted by Gasteiger charge is -2.36. The van der Waals surface area contributed by atoms with E-state index in [1.807, 2.05) is 35.2 Å². The molecular weight excluding hydrogens is 463 g/mol. The van der Waals surface area contributed by atoms with Crippen LogP contribution in [-0.2, 0) is 22.4 Å². The Morgan fingerprint density at radius 2 is 1.81 bits per heavy atom. The number of amides is 2. The van der Waals surface area contributed by atoms with Crippen molar-refractivity contribution in [2.45, 2.75) is 37.2 Å². The van der Waals surface area contributed by atoms with Crippen molar-refractivity contribution >= 4 is 46.4 Å². The molecule has 4 rings (SSSR count). The first kappa shape index (κ1) is 22.8. The number of carbonyl (C=O) groups excluding carboxylic acids is 2. The van der Waals surface area contributed by atoms with Crippen LogP contribution in [0.5, 0.6) is 0 Å². The molecule has 2 aromatic carbocycles. The Kier molecular flexibility index (Phi) is 7.51. The smallest absolute Gasteiger partial charge is 0.223 e. The fourth-order valence-corrected chi connectivity index (χ4v) is 5.40. The molecule has 1 aliphatic rings. The van der Waals surface area contributed by atoms with Crippen LogP contribution in [-0.4, -0.2) is 28.8 Å². The number of halogens is 2.